The van der Waals surface area contributed by atoms with Crippen molar-refractivity contribution in [2.45, 2.75) is 33.9 Å². The first-order valence-corrected chi connectivity index (χ1v) is 8.38. The summed E-state index contributed by atoms with van der Waals surface area (Å²) in [5, 5.41) is 7.16. The number of hydrogen-bond acceptors (Lipinski definition) is 4. The molecule has 1 N–H and O–H groups in total. The largest absolute Gasteiger partial charge is 0.419 e. The van der Waals surface area contributed by atoms with E-state index < -0.39 is 5.76 Å². The zero-order chi connectivity index (χ0) is 18.8. The number of nitrogens with one attached hydrogen (secondary N) is 1. The van der Waals surface area contributed by atoms with E-state index in [1.54, 1.807) is 10.9 Å². The summed E-state index contributed by atoms with van der Waals surface area (Å²) in [5.41, 5.74) is 4.79. The lowest BCUT2D eigenvalue weighted by molar-refractivity contribution is -0.121. The zero-order valence-corrected chi connectivity index (χ0v) is 15.4. The molecule has 26 heavy (non-hydrogen) atoms. The van der Waals surface area contributed by atoms with E-state index >= 15 is 0 Å². The summed E-state index contributed by atoms with van der Waals surface area (Å²) >= 11 is 0. The van der Waals surface area contributed by atoms with Gasteiger partial charge >= 0.3 is 5.76 Å². The van der Waals surface area contributed by atoms with E-state index in [0.29, 0.717) is 12.3 Å². The number of carbonyl (C=O) groups is 1. The van der Waals surface area contributed by atoms with Crippen LogP contribution in [0.25, 0.3) is 11.3 Å². The van der Waals surface area contributed by atoms with Gasteiger partial charge in [-0.2, -0.15) is 5.10 Å². The molecule has 136 valence electrons. The third-order valence-electron chi connectivity index (χ3n) is 4.48. The minimum Gasteiger partial charge on any atom is -0.408 e. The van der Waals surface area contributed by atoms with E-state index in [1.165, 1.54) is 4.57 Å². The van der Waals surface area contributed by atoms with Crippen LogP contribution in [0.5, 0.6) is 0 Å². The molecule has 1 aromatic carbocycles. The average molecular weight is 354 g/mol. The zero-order valence-electron chi connectivity index (χ0n) is 15.4. The van der Waals surface area contributed by atoms with Crippen molar-refractivity contribution in [3.05, 3.63) is 63.5 Å². The Morgan fingerprint density at radius 3 is 2.50 bits per heavy atom. The van der Waals surface area contributed by atoms with Gasteiger partial charge in [0.25, 0.3) is 0 Å². The average Bonchev–Trinajstić information content (AvgIpc) is 3.06. The molecular formula is C19H22N4O3. The molecule has 0 radical (unpaired) electrons. The van der Waals surface area contributed by atoms with Crippen LogP contribution in [0.2, 0.25) is 0 Å². The second-order valence-corrected chi connectivity index (χ2v) is 6.40. The van der Waals surface area contributed by atoms with Gasteiger partial charge in [-0.15, -0.1) is 0 Å². The number of carbonyl (C=O) groups excluding carboxylic acids is 1. The highest BCUT2D eigenvalue weighted by Crippen LogP contribution is 2.18. The number of benzene rings is 1. The van der Waals surface area contributed by atoms with Gasteiger partial charge in [0, 0.05) is 30.4 Å². The van der Waals surface area contributed by atoms with Crippen LogP contribution in [0, 0.1) is 20.8 Å². The lowest BCUT2D eigenvalue weighted by Gasteiger charge is -2.05. The maximum atomic E-state index is 12.2. The smallest absolute Gasteiger partial charge is 0.408 e. The monoisotopic (exact) mass is 354 g/mol. The van der Waals surface area contributed by atoms with Gasteiger partial charge in [0.15, 0.2) is 5.76 Å². The molecule has 0 aliphatic heterocycles. The fourth-order valence-electron chi connectivity index (χ4n) is 2.81. The quantitative estimate of drug-likeness (QED) is 0.760. The third kappa shape index (κ3) is 3.61. The standard InChI is InChI=1S/C19H22N4O3/c1-12-5-7-15(8-6-12)17-10-23(19(25)26-17)11-18(24)20-9-16-13(2)21-22(4)14(16)3/h5-8,10H,9,11H2,1-4H3,(H,20,24). The molecule has 0 unspecified atom stereocenters. The van der Waals surface area contributed by atoms with E-state index in [1.807, 2.05) is 52.1 Å². The van der Waals surface area contributed by atoms with E-state index in [2.05, 4.69) is 10.4 Å². The molecule has 0 aliphatic carbocycles. The molecule has 0 fully saturated rings. The van der Waals surface area contributed by atoms with E-state index in [0.717, 1.165) is 28.1 Å². The Morgan fingerprint density at radius 2 is 1.88 bits per heavy atom. The number of aromatic nitrogens is 3. The summed E-state index contributed by atoms with van der Waals surface area (Å²) in [6, 6.07) is 7.65. The second-order valence-electron chi connectivity index (χ2n) is 6.40. The van der Waals surface area contributed by atoms with Crippen molar-refractivity contribution < 1.29 is 9.21 Å². The summed E-state index contributed by atoms with van der Waals surface area (Å²) in [4.78, 5) is 24.2. The normalized spacial score (nSPS) is 10.9. The number of oxazole rings is 1. The van der Waals surface area contributed by atoms with Gasteiger partial charge in [-0.1, -0.05) is 29.8 Å². The number of hydrogen-bond donors (Lipinski definition) is 1. The van der Waals surface area contributed by atoms with Gasteiger partial charge in [-0.05, 0) is 20.8 Å². The molecule has 0 aliphatic rings. The summed E-state index contributed by atoms with van der Waals surface area (Å²) in [7, 11) is 1.87. The molecule has 2 aromatic heterocycles. The predicted molar refractivity (Wildman–Crippen MR) is 97.7 cm³/mol. The van der Waals surface area contributed by atoms with Crippen LogP contribution in [0.15, 0.2) is 39.7 Å². The van der Waals surface area contributed by atoms with Crippen LogP contribution >= 0.6 is 0 Å². The van der Waals surface area contributed by atoms with Gasteiger partial charge in [-0.25, -0.2) is 4.79 Å². The SMILES string of the molecule is Cc1ccc(-c2cn(CC(=O)NCc3c(C)nn(C)c3C)c(=O)o2)cc1. The van der Waals surface area contributed by atoms with Crippen molar-refractivity contribution in [2.24, 2.45) is 7.05 Å². The topological polar surface area (TPSA) is 82.1 Å². The molecule has 0 saturated carbocycles. The number of rotatable bonds is 5. The van der Waals surface area contributed by atoms with Gasteiger partial charge < -0.3 is 9.73 Å². The first-order valence-electron chi connectivity index (χ1n) is 8.38. The fourth-order valence-corrected chi connectivity index (χ4v) is 2.81. The third-order valence-corrected chi connectivity index (χ3v) is 4.48. The highest BCUT2D eigenvalue weighted by atomic mass is 16.4. The molecule has 0 saturated heterocycles. The predicted octanol–water partition coefficient (Wildman–Crippen LogP) is 2.08. The van der Waals surface area contributed by atoms with Crippen molar-refractivity contribution in [3.8, 4) is 11.3 Å². The van der Waals surface area contributed by atoms with Crippen molar-refractivity contribution in [2.75, 3.05) is 0 Å². The minimum atomic E-state index is -0.551. The molecular weight excluding hydrogens is 332 g/mol. The Balaban J connectivity index is 1.68. The second kappa shape index (κ2) is 7.03. The van der Waals surface area contributed by atoms with E-state index in [9.17, 15) is 9.59 Å². The van der Waals surface area contributed by atoms with Gasteiger partial charge in [0.05, 0.1) is 11.9 Å². The lowest BCUT2D eigenvalue weighted by atomic mass is 10.1. The van der Waals surface area contributed by atoms with Crippen LogP contribution in [0.4, 0.5) is 0 Å². The van der Waals surface area contributed by atoms with Gasteiger partial charge in [0.1, 0.15) is 6.54 Å². The maximum absolute atomic E-state index is 12.2. The summed E-state index contributed by atoms with van der Waals surface area (Å²) < 4.78 is 8.31. The highest BCUT2D eigenvalue weighted by Gasteiger charge is 2.13. The van der Waals surface area contributed by atoms with Crippen LogP contribution < -0.4 is 11.1 Å². The first-order chi connectivity index (χ1) is 12.3. The van der Waals surface area contributed by atoms with Crippen LogP contribution in [0.1, 0.15) is 22.5 Å². The Morgan fingerprint density at radius 1 is 1.19 bits per heavy atom. The highest BCUT2D eigenvalue weighted by molar-refractivity contribution is 5.75. The van der Waals surface area contributed by atoms with Crippen molar-refractivity contribution in [1.82, 2.24) is 19.7 Å². The van der Waals surface area contributed by atoms with Crippen LogP contribution in [-0.4, -0.2) is 20.3 Å². The molecule has 7 nitrogen and oxygen atoms in total. The van der Waals surface area contributed by atoms with E-state index in [-0.39, 0.29) is 12.5 Å². The molecule has 3 rings (SSSR count). The summed E-state index contributed by atoms with van der Waals surface area (Å²) in [5.74, 6) is -0.364. The van der Waals surface area contributed by atoms with Crippen LogP contribution in [0.3, 0.4) is 0 Å². The number of aryl methyl sites for hydroxylation is 3. The van der Waals surface area contributed by atoms with E-state index in [4.69, 9.17) is 4.42 Å². The molecule has 0 atom stereocenters. The Hall–Kier alpha value is -3.09. The van der Waals surface area contributed by atoms with Crippen molar-refractivity contribution in [1.29, 1.82) is 0 Å². The Kier molecular flexibility index (Phi) is 4.79. The van der Waals surface area contributed by atoms with Crippen LogP contribution in [-0.2, 0) is 24.9 Å². The molecule has 2 heterocycles. The molecule has 3 aromatic rings. The molecule has 0 spiro atoms. The minimum absolute atomic E-state index is 0.0907. The molecule has 7 heteroatoms. The van der Waals surface area contributed by atoms with Crippen molar-refractivity contribution >= 4 is 5.91 Å². The lowest BCUT2D eigenvalue weighted by Crippen LogP contribution is -2.30. The van der Waals surface area contributed by atoms with Gasteiger partial charge in [0.2, 0.25) is 5.91 Å². The fraction of sp³-hybridized carbons (Fsp3) is 0.316. The summed E-state index contributed by atoms with van der Waals surface area (Å²) in [6.07, 6.45) is 1.56. The summed E-state index contributed by atoms with van der Waals surface area (Å²) in [6.45, 7) is 6.13. The van der Waals surface area contributed by atoms with Crippen molar-refractivity contribution in [3.63, 3.8) is 0 Å². The first kappa shape index (κ1) is 17.7. The molecule has 1 amide bonds. The Labute approximate surface area is 151 Å². The molecule has 0 bridgehead atoms. The number of amides is 1. The number of nitrogens with zero attached hydrogens (tertiary/aromatic N) is 3. The maximum Gasteiger partial charge on any atom is 0.419 e. The van der Waals surface area contributed by atoms with Gasteiger partial charge in [-0.3, -0.25) is 14.0 Å². The Bertz CT molecular complexity index is 993.